The zero-order valence-corrected chi connectivity index (χ0v) is 12.1. The van der Waals surface area contributed by atoms with E-state index >= 15 is 0 Å². The Morgan fingerprint density at radius 1 is 1.18 bits per heavy atom. The van der Waals surface area contributed by atoms with E-state index in [0.29, 0.717) is 17.1 Å². The smallest absolute Gasteiger partial charge is 0.275 e. The van der Waals surface area contributed by atoms with Gasteiger partial charge < -0.3 is 15.4 Å². The molecule has 0 fully saturated rings. The number of benzene rings is 2. The molecule has 2 aromatic carbocycles. The number of hydrogen-bond donors (Lipinski definition) is 2. The van der Waals surface area contributed by atoms with Gasteiger partial charge in [0.2, 0.25) is 0 Å². The predicted octanol–water partition coefficient (Wildman–Crippen LogP) is 2.59. The van der Waals surface area contributed by atoms with Crippen LogP contribution >= 0.6 is 0 Å². The Labute approximate surface area is 128 Å². The molecule has 1 unspecified atom stereocenters. The van der Waals surface area contributed by atoms with Crippen molar-refractivity contribution in [3.05, 3.63) is 54.1 Å². The van der Waals surface area contributed by atoms with E-state index in [2.05, 4.69) is 10.6 Å². The summed E-state index contributed by atoms with van der Waals surface area (Å²) in [5, 5.41) is 5.45. The monoisotopic (exact) mass is 296 g/mol. The number of para-hydroxylation sites is 3. The molecule has 1 heterocycles. The first-order valence-corrected chi connectivity index (χ1v) is 7.14. The van der Waals surface area contributed by atoms with Crippen LogP contribution in [0.2, 0.25) is 0 Å². The lowest BCUT2D eigenvalue weighted by Crippen LogP contribution is -2.45. The lowest BCUT2D eigenvalue weighted by Gasteiger charge is -2.25. The summed E-state index contributed by atoms with van der Waals surface area (Å²) in [4.78, 5) is 24.4. The lowest BCUT2D eigenvalue weighted by atomic mass is 10.1. The van der Waals surface area contributed by atoms with Crippen molar-refractivity contribution in [1.29, 1.82) is 0 Å². The highest BCUT2D eigenvalue weighted by Crippen LogP contribution is 2.29. The molecule has 112 valence electrons. The van der Waals surface area contributed by atoms with Crippen LogP contribution in [0.1, 0.15) is 12.5 Å². The summed E-state index contributed by atoms with van der Waals surface area (Å²) in [5.74, 6) is -0.455. The largest absolute Gasteiger partial charge is 0.468 e. The van der Waals surface area contributed by atoms with E-state index in [1.807, 2.05) is 31.2 Å². The molecule has 0 radical (unpaired) electrons. The van der Waals surface area contributed by atoms with E-state index < -0.39 is 17.9 Å². The van der Waals surface area contributed by atoms with E-state index in [4.69, 9.17) is 4.74 Å². The van der Waals surface area contributed by atoms with Gasteiger partial charge >= 0.3 is 0 Å². The number of amides is 2. The average Bonchev–Trinajstić information content (AvgIpc) is 2.54. The van der Waals surface area contributed by atoms with E-state index in [0.717, 1.165) is 12.0 Å². The molecule has 0 saturated carbocycles. The second-order valence-corrected chi connectivity index (χ2v) is 4.98. The minimum atomic E-state index is -1.19. The quantitative estimate of drug-likeness (QED) is 0.855. The number of fused-ring (bicyclic) bond motifs is 1. The second-order valence-electron chi connectivity index (χ2n) is 4.98. The number of anilines is 2. The highest BCUT2D eigenvalue weighted by molar-refractivity contribution is 6.15. The van der Waals surface area contributed by atoms with Gasteiger partial charge in [-0.2, -0.15) is 0 Å². The summed E-state index contributed by atoms with van der Waals surface area (Å²) in [7, 11) is 0. The van der Waals surface area contributed by atoms with Crippen LogP contribution in [-0.2, 0) is 16.0 Å². The van der Waals surface area contributed by atoms with Crippen LogP contribution in [0.25, 0.3) is 0 Å². The topological polar surface area (TPSA) is 67.4 Å². The predicted molar refractivity (Wildman–Crippen MR) is 83.9 cm³/mol. The molecule has 1 aliphatic rings. The van der Waals surface area contributed by atoms with Crippen molar-refractivity contribution in [3.8, 4) is 5.75 Å². The molecule has 0 aliphatic carbocycles. The van der Waals surface area contributed by atoms with Gasteiger partial charge in [-0.15, -0.1) is 0 Å². The Morgan fingerprint density at radius 2 is 1.91 bits per heavy atom. The minimum Gasteiger partial charge on any atom is -0.468 e. The molecule has 3 rings (SSSR count). The van der Waals surface area contributed by atoms with E-state index in [-0.39, 0.29) is 0 Å². The first kappa shape index (κ1) is 14.1. The van der Waals surface area contributed by atoms with Gasteiger partial charge in [-0.3, -0.25) is 9.59 Å². The van der Waals surface area contributed by atoms with Gasteiger partial charge in [-0.25, -0.2) is 0 Å². The lowest BCUT2D eigenvalue weighted by molar-refractivity contribution is -0.133. The molecule has 1 atom stereocenters. The van der Waals surface area contributed by atoms with Crippen LogP contribution in [0, 0.1) is 0 Å². The fraction of sp³-hybridized carbons (Fsp3) is 0.176. The van der Waals surface area contributed by atoms with Crippen LogP contribution in [-0.4, -0.2) is 17.9 Å². The molecular weight excluding hydrogens is 280 g/mol. The number of ether oxygens (including phenoxy) is 1. The van der Waals surface area contributed by atoms with E-state index in [9.17, 15) is 9.59 Å². The summed E-state index contributed by atoms with van der Waals surface area (Å²) in [6.45, 7) is 2.01. The van der Waals surface area contributed by atoms with Gasteiger partial charge in [0.1, 0.15) is 5.75 Å². The zero-order chi connectivity index (χ0) is 15.5. The van der Waals surface area contributed by atoms with Crippen LogP contribution in [0.15, 0.2) is 48.5 Å². The van der Waals surface area contributed by atoms with Crippen molar-refractivity contribution < 1.29 is 14.3 Å². The third-order valence-electron chi connectivity index (χ3n) is 3.52. The Kier molecular flexibility index (Phi) is 3.78. The molecule has 0 saturated heterocycles. The summed E-state index contributed by atoms with van der Waals surface area (Å²) >= 11 is 0. The zero-order valence-electron chi connectivity index (χ0n) is 12.1. The van der Waals surface area contributed by atoms with Crippen LogP contribution in [0.3, 0.4) is 0 Å². The first-order chi connectivity index (χ1) is 10.7. The number of aryl methyl sites for hydroxylation is 1. The number of nitrogens with one attached hydrogen (secondary N) is 2. The number of rotatable bonds is 3. The van der Waals surface area contributed by atoms with Gasteiger partial charge in [0.25, 0.3) is 17.9 Å². The van der Waals surface area contributed by atoms with Crippen LogP contribution in [0.5, 0.6) is 5.75 Å². The highest BCUT2D eigenvalue weighted by Gasteiger charge is 2.33. The molecule has 0 bridgehead atoms. The van der Waals surface area contributed by atoms with Crippen molar-refractivity contribution in [2.75, 3.05) is 10.6 Å². The third-order valence-corrected chi connectivity index (χ3v) is 3.52. The van der Waals surface area contributed by atoms with Crippen molar-refractivity contribution in [2.45, 2.75) is 19.4 Å². The van der Waals surface area contributed by atoms with Gasteiger partial charge in [0.05, 0.1) is 5.69 Å². The molecule has 1 aliphatic heterocycles. The highest BCUT2D eigenvalue weighted by atomic mass is 16.5. The fourth-order valence-corrected chi connectivity index (χ4v) is 2.37. The van der Waals surface area contributed by atoms with Gasteiger partial charge in [0.15, 0.2) is 0 Å². The summed E-state index contributed by atoms with van der Waals surface area (Å²) in [6, 6.07) is 14.5. The minimum absolute atomic E-state index is 0.467. The molecule has 2 N–H and O–H groups in total. The normalized spacial score (nSPS) is 16.2. The Bertz CT molecular complexity index is 727. The molecule has 0 spiro atoms. The van der Waals surface area contributed by atoms with Gasteiger partial charge in [0, 0.05) is 5.69 Å². The van der Waals surface area contributed by atoms with Gasteiger partial charge in [-0.1, -0.05) is 37.3 Å². The maximum atomic E-state index is 12.4. The van der Waals surface area contributed by atoms with Gasteiger partial charge in [-0.05, 0) is 30.2 Å². The van der Waals surface area contributed by atoms with Crippen molar-refractivity contribution in [1.82, 2.24) is 0 Å². The molecule has 2 amide bonds. The molecular formula is C17H16N2O3. The van der Waals surface area contributed by atoms with Crippen LogP contribution in [0.4, 0.5) is 11.4 Å². The second kappa shape index (κ2) is 5.89. The molecule has 2 aromatic rings. The summed E-state index contributed by atoms with van der Waals surface area (Å²) in [5.41, 5.74) is 2.28. The van der Waals surface area contributed by atoms with E-state index in [1.54, 1.807) is 24.3 Å². The average molecular weight is 296 g/mol. The molecule has 22 heavy (non-hydrogen) atoms. The molecule has 5 nitrogen and oxygen atoms in total. The van der Waals surface area contributed by atoms with E-state index in [1.165, 1.54) is 0 Å². The van der Waals surface area contributed by atoms with Crippen molar-refractivity contribution >= 4 is 23.2 Å². The first-order valence-electron chi connectivity index (χ1n) is 7.14. The number of carbonyl (C=O) groups is 2. The maximum absolute atomic E-state index is 12.4. The standard InChI is InChI=1S/C17H16N2O3/c1-2-11-7-3-4-8-12(11)18-16(20)15-17(21)19-13-9-5-6-10-14(13)22-15/h3-10,15H,2H2,1H3,(H,18,20)(H,19,21). The van der Waals surface area contributed by atoms with Crippen LogP contribution < -0.4 is 15.4 Å². The fourth-order valence-electron chi connectivity index (χ4n) is 2.37. The Balaban J connectivity index is 1.80. The Hall–Kier alpha value is -2.82. The van der Waals surface area contributed by atoms with Crippen molar-refractivity contribution in [2.24, 2.45) is 0 Å². The number of hydrogen-bond acceptors (Lipinski definition) is 3. The number of carbonyl (C=O) groups excluding carboxylic acids is 2. The summed E-state index contributed by atoms with van der Waals surface area (Å²) in [6.07, 6.45) is -0.406. The molecule has 0 aromatic heterocycles. The Morgan fingerprint density at radius 3 is 2.73 bits per heavy atom. The SMILES string of the molecule is CCc1ccccc1NC(=O)C1Oc2ccccc2NC1=O. The summed E-state index contributed by atoms with van der Waals surface area (Å²) < 4.78 is 5.53. The third kappa shape index (κ3) is 2.65. The maximum Gasteiger partial charge on any atom is 0.275 e. The molecule has 5 heteroatoms. The van der Waals surface area contributed by atoms with Crippen molar-refractivity contribution in [3.63, 3.8) is 0 Å².